The summed E-state index contributed by atoms with van der Waals surface area (Å²) in [6, 6.07) is 7.15. The topological polar surface area (TPSA) is 83.0 Å². The van der Waals surface area contributed by atoms with Crippen molar-refractivity contribution in [3.8, 4) is 11.5 Å². The maximum Gasteiger partial charge on any atom is 0.310 e. The van der Waals surface area contributed by atoms with E-state index in [0.29, 0.717) is 10.6 Å². The first-order valence-electron chi connectivity index (χ1n) is 7.68. The molecule has 0 unspecified atom stereocenters. The van der Waals surface area contributed by atoms with E-state index in [0.717, 1.165) is 17.0 Å². The predicted octanol–water partition coefficient (Wildman–Crippen LogP) is 3.03. The molecule has 25 heavy (non-hydrogen) atoms. The Bertz CT molecular complexity index is 917. The van der Waals surface area contributed by atoms with Gasteiger partial charge in [-0.3, -0.25) is 9.48 Å². The molecule has 0 bridgehead atoms. The summed E-state index contributed by atoms with van der Waals surface area (Å²) in [5.74, 6) is 0.196. The van der Waals surface area contributed by atoms with Crippen molar-refractivity contribution in [2.75, 3.05) is 0 Å². The molecule has 7 nitrogen and oxygen atoms in total. The molecule has 0 fully saturated rings. The van der Waals surface area contributed by atoms with Crippen molar-refractivity contribution in [2.24, 2.45) is 7.05 Å². The molecule has 0 aliphatic carbocycles. The zero-order valence-electron chi connectivity index (χ0n) is 14.1. The fraction of sp³-hybridized carbons (Fsp3) is 0.294. The quantitative estimate of drug-likeness (QED) is 0.650. The van der Waals surface area contributed by atoms with Gasteiger partial charge < -0.3 is 9.26 Å². The molecule has 0 aliphatic heterocycles. The lowest BCUT2D eigenvalue weighted by Gasteiger charge is -2.03. The van der Waals surface area contributed by atoms with Crippen molar-refractivity contribution in [1.29, 1.82) is 0 Å². The Kier molecular flexibility index (Phi) is 4.85. The van der Waals surface area contributed by atoms with Gasteiger partial charge in [-0.15, -0.1) is 0 Å². The first-order chi connectivity index (χ1) is 12.0. The van der Waals surface area contributed by atoms with Crippen LogP contribution in [0.25, 0.3) is 11.5 Å². The van der Waals surface area contributed by atoms with Crippen molar-refractivity contribution in [2.45, 2.75) is 26.9 Å². The van der Waals surface area contributed by atoms with Gasteiger partial charge in [0.15, 0.2) is 6.61 Å². The molecule has 0 radical (unpaired) electrons. The van der Waals surface area contributed by atoms with Gasteiger partial charge in [0.05, 0.1) is 22.7 Å². The van der Waals surface area contributed by atoms with Crippen molar-refractivity contribution < 1.29 is 14.1 Å². The maximum atomic E-state index is 12.1. The molecule has 1 aromatic carbocycles. The predicted molar refractivity (Wildman–Crippen MR) is 90.9 cm³/mol. The molecule has 130 valence electrons. The summed E-state index contributed by atoms with van der Waals surface area (Å²) in [6.45, 7) is 3.72. The summed E-state index contributed by atoms with van der Waals surface area (Å²) in [4.78, 5) is 16.3. The van der Waals surface area contributed by atoms with Gasteiger partial charge in [-0.25, -0.2) is 0 Å². The minimum Gasteiger partial charge on any atom is -0.457 e. The van der Waals surface area contributed by atoms with E-state index in [9.17, 15) is 4.79 Å². The fourth-order valence-electron chi connectivity index (χ4n) is 2.47. The Labute approximate surface area is 149 Å². The van der Waals surface area contributed by atoms with Gasteiger partial charge in [-0.2, -0.15) is 10.1 Å². The van der Waals surface area contributed by atoms with E-state index < -0.39 is 0 Å². The lowest BCUT2D eigenvalue weighted by molar-refractivity contribution is -0.144. The molecule has 2 heterocycles. The summed E-state index contributed by atoms with van der Waals surface area (Å²) in [5, 5.41) is 8.61. The van der Waals surface area contributed by atoms with Crippen molar-refractivity contribution in [3.63, 3.8) is 0 Å². The van der Waals surface area contributed by atoms with Crippen molar-refractivity contribution in [3.05, 3.63) is 52.1 Å². The average Bonchev–Trinajstić information content (AvgIpc) is 3.14. The number of nitrogens with zero attached hydrogens (tertiary/aromatic N) is 4. The molecule has 3 aromatic rings. The summed E-state index contributed by atoms with van der Waals surface area (Å²) < 4.78 is 12.2. The second kappa shape index (κ2) is 7.06. The van der Waals surface area contributed by atoms with Gasteiger partial charge in [0.25, 0.3) is 5.89 Å². The molecule has 0 N–H and O–H groups in total. The lowest BCUT2D eigenvalue weighted by atomic mass is 10.1. The van der Waals surface area contributed by atoms with E-state index in [4.69, 9.17) is 20.9 Å². The fourth-order valence-corrected chi connectivity index (χ4v) is 2.69. The standard InChI is InChI=1S/C17H17ClN4O3/c1-10-13(11(2)22(3)20-10)8-16(23)24-9-15-19-17(25-21-15)12-6-4-5-7-14(12)18/h4-7H,8-9H2,1-3H3. The van der Waals surface area contributed by atoms with Crippen LogP contribution in [-0.2, 0) is 29.6 Å². The van der Waals surface area contributed by atoms with Gasteiger partial charge >= 0.3 is 5.97 Å². The van der Waals surface area contributed by atoms with E-state index in [2.05, 4.69) is 15.2 Å². The van der Waals surface area contributed by atoms with E-state index >= 15 is 0 Å². The number of halogens is 1. The van der Waals surface area contributed by atoms with E-state index in [1.165, 1.54) is 0 Å². The van der Waals surface area contributed by atoms with Crippen LogP contribution >= 0.6 is 11.6 Å². The molecule has 0 saturated carbocycles. The van der Waals surface area contributed by atoms with Crippen LogP contribution in [0.3, 0.4) is 0 Å². The third-order valence-corrected chi connectivity index (χ3v) is 4.24. The molecule has 2 aromatic heterocycles. The highest BCUT2D eigenvalue weighted by molar-refractivity contribution is 6.33. The monoisotopic (exact) mass is 360 g/mol. The molecule has 0 atom stereocenters. The zero-order valence-corrected chi connectivity index (χ0v) is 14.9. The molecule has 0 spiro atoms. The number of ether oxygens (including phenoxy) is 1. The minimum absolute atomic E-state index is 0.0643. The second-order valence-corrected chi connectivity index (χ2v) is 6.01. The number of carbonyl (C=O) groups is 1. The highest BCUT2D eigenvalue weighted by Gasteiger charge is 2.16. The number of aryl methyl sites for hydroxylation is 2. The van der Waals surface area contributed by atoms with Gasteiger partial charge in [0.1, 0.15) is 0 Å². The number of esters is 1. The third kappa shape index (κ3) is 3.71. The summed E-state index contributed by atoms with van der Waals surface area (Å²) in [7, 11) is 1.84. The SMILES string of the molecule is Cc1nn(C)c(C)c1CC(=O)OCc1noc(-c2ccccc2Cl)n1. The van der Waals surface area contributed by atoms with Gasteiger partial charge in [-0.1, -0.05) is 28.9 Å². The van der Waals surface area contributed by atoms with Crippen LogP contribution in [-0.4, -0.2) is 25.9 Å². The highest BCUT2D eigenvalue weighted by Crippen LogP contribution is 2.25. The molecular formula is C17H17ClN4O3. The molecule has 0 aliphatic rings. The first kappa shape index (κ1) is 17.2. The summed E-state index contributed by atoms with van der Waals surface area (Å²) >= 11 is 6.10. The third-order valence-electron chi connectivity index (χ3n) is 3.91. The van der Waals surface area contributed by atoms with E-state index in [-0.39, 0.29) is 30.7 Å². The number of benzene rings is 1. The molecule has 0 saturated heterocycles. The van der Waals surface area contributed by atoms with Crippen LogP contribution in [0, 0.1) is 13.8 Å². The molecule has 8 heteroatoms. The molecular weight excluding hydrogens is 344 g/mol. The first-order valence-corrected chi connectivity index (χ1v) is 8.05. The Morgan fingerprint density at radius 1 is 1.32 bits per heavy atom. The van der Waals surface area contributed by atoms with Crippen LogP contribution in [0.4, 0.5) is 0 Å². The van der Waals surface area contributed by atoms with E-state index in [1.54, 1.807) is 16.8 Å². The number of aromatic nitrogens is 4. The largest absolute Gasteiger partial charge is 0.457 e. The van der Waals surface area contributed by atoms with Crippen molar-refractivity contribution >= 4 is 17.6 Å². The van der Waals surface area contributed by atoms with E-state index in [1.807, 2.05) is 33.0 Å². The van der Waals surface area contributed by atoms with Crippen LogP contribution in [0.5, 0.6) is 0 Å². The Morgan fingerprint density at radius 2 is 2.08 bits per heavy atom. The van der Waals surface area contributed by atoms with Crippen LogP contribution in [0.15, 0.2) is 28.8 Å². The summed E-state index contributed by atoms with van der Waals surface area (Å²) in [6.07, 6.45) is 0.154. The van der Waals surface area contributed by atoms with Gasteiger partial charge in [-0.05, 0) is 26.0 Å². The second-order valence-electron chi connectivity index (χ2n) is 5.61. The van der Waals surface area contributed by atoms with Gasteiger partial charge in [0, 0.05) is 18.3 Å². The smallest absolute Gasteiger partial charge is 0.310 e. The van der Waals surface area contributed by atoms with Gasteiger partial charge in [0.2, 0.25) is 5.82 Å². The zero-order chi connectivity index (χ0) is 18.0. The lowest BCUT2D eigenvalue weighted by Crippen LogP contribution is -2.10. The molecule has 0 amide bonds. The van der Waals surface area contributed by atoms with Crippen LogP contribution in [0.2, 0.25) is 5.02 Å². The number of carbonyl (C=O) groups excluding carboxylic acids is 1. The van der Waals surface area contributed by atoms with Crippen molar-refractivity contribution in [1.82, 2.24) is 19.9 Å². The number of rotatable bonds is 5. The van der Waals surface area contributed by atoms with Crippen LogP contribution in [0.1, 0.15) is 22.8 Å². The Hall–Kier alpha value is -2.67. The summed E-state index contributed by atoms with van der Waals surface area (Å²) in [5.41, 5.74) is 3.26. The number of hydrogen-bond donors (Lipinski definition) is 0. The maximum absolute atomic E-state index is 12.1. The minimum atomic E-state index is -0.372. The number of hydrogen-bond acceptors (Lipinski definition) is 6. The highest BCUT2D eigenvalue weighted by atomic mass is 35.5. The normalized spacial score (nSPS) is 10.9. The average molecular weight is 361 g/mol. The molecule has 3 rings (SSSR count). The Balaban J connectivity index is 1.62. The van der Waals surface area contributed by atoms with Crippen LogP contribution < -0.4 is 0 Å². The Morgan fingerprint density at radius 3 is 2.76 bits per heavy atom.